The topological polar surface area (TPSA) is 29.9 Å². The Morgan fingerprint density at radius 3 is 2.83 bits per heavy atom. The van der Waals surface area contributed by atoms with Crippen LogP contribution < -0.4 is 5.32 Å². The number of hydrogen-bond acceptors (Lipinski definition) is 2. The Hall–Kier alpha value is -1.68. The van der Waals surface area contributed by atoms with Gasteiger partial charge in [-0.25, -0.2) is 9.07 Å². The second-order valence-corrected chi connectivity index (χ2v) is 4.33. The fraction of sp³-hybridized carbons (Fsp3) is 0.357. The van der Waals surface area contributed by atoms with Crippen LogP contribution in [0.4, 0.5) is 4.39 Å². The van der Waals surface area contributed by atoms with Gasteiger partial charge in [0.2, 0.25) is 0 Å². The van der Waals surface area contributed by atoms with E-state index in [0.717, 1.165) is 24.2 Å². The molecule has 0 unspecified atom stereocenters. The Bertz CT molecular complexity index is 520. The number of hydrogen-bond donors (Lipinski definition) is 1. The number of aromatic nitrogens is 2. The molecule has 0 saturated carbocycles. The zero-order valence-electron chi connectivity index (χ0n) is 10.8. The largest absolute Gasteiger partial charge is 0.313 e. The van der Waals surface area contributed by atoms with Crippen LogP contribution in [0.1, 0.15) is 24.6 Å². The van der Waals surface area contributed by atoms with Crippen molar-refractivity contribution in [3.05, 3.63) is 47.5 Å². The molecule has 1 aromatic heterocycles. The minimum atomic E-state index is -0.242. The van der Waals surface area contributed by atoms with E-state index in [1.807, 2.05) is 19.1 Å². The molecule has 4 heteroatoms. The van der Waals surface area contributed by atoms with Crippen molar-refractivity contribution >= 4 is 0 Å². The van der Waals surface area contributed by atoms with Crippen molar-refractivity contribution in [3.63, 3.8) is 0 Å². The molecule has 3 nitrogen and oxygen atoms in total. The van der Waals surface area contributed by atoms with E-state index in [0.29, 0.717) is 12.2 Å². The van der Waals surface area contributed by atoms with Gasteiger partial charge in [-0.05, 0) is 37.6 Å². The smallest absolute Gasteiger partial charge is 0.149 e. The standard InChI is InChI=1S/C14H18FN3/c1-3-8-16-10-12-5-4-6-13(15)14(12)18-9-7-11(2)17-18/h4-7,9,16H,3,8,10H2,1-2H3. The summed E-state index contributed by atoms with van der Waals surface area (Å²) in [4.78, 5) is 0. The van der Waals surface area contributed by atoms with Crippen LogP contribution in [0.25, 0.3) is 5.69 Å². The van der Waals surface area contributed by atoms with Crippen LogP contribution in [-0.2, 0) is 6.54 Å². The van der Waals surface area contributed by atoms with Gasteiger partial charge in [-0.2, -0.15) is 5.10 Å². The van der Waals surface area contributed by atoms with Gasteiger partial charge >= 0.3 is 0 Å². The van der Waals surface area contributed by atoms with Crippen molar-refractivity contribution in [2.24, 2.45) is 0 Å². The van der Waals surface area contributed by atoms with Crippen LogP contribution in [0.5, 0.6) is 0 Å². The first-order valence-corrected chi connectivity index (χ1v) is 6.23. The van der Waals surface area contributed by atoms with Crippen molar-refractivity contribution in [2.75, 3.05) is 6.54 Å². The molecule has 0 aliphatic rings. The maximum atomic E-state index is 14.0. The molecule has 0 aliphatic carbocycles. The molecular formula is C14H18FN3. The van der Waals surface area contributed by atoms with Crippen molar-refractivity contribution < 1.29 is 4.39 Å². The monoisotopic (exact) mass is 247 g/mol. The fourth-order valence-electron chi connectivity index (χ4n) is 1.90. The van der Waals surface area contributed by atoms with Gasteiger partial charge in [0.15, 0.2) is 0 Å². The zero-order chi connectivity index (χ0) is 13.0. The third kappa shape index (κ3) is 2.76. The van der Waals surface area contributed by atoms with Gasteiger partial charge < -0.3 is 5.32 Å². The van der Waals surface area contributed by atoms with Crippen LogP contribution >= 0.6 is 0 Å². The van der Waals surface area contributed by atoms with Crippen LogP contribution in [0.3, 0.4) is 0 Å². The first-order valence-electron chi connectivity index (χ1n) is 6.23. The summed E-state index contributed by atoms with van der Waals surface area (Å²) in [5, 5.41) is 7.57. The number of rotatable bonds is 5. The molecule has 96 valence electrons. The lowest BCUT2D eigenvalue weighted by atomic mass is 10.1. The average Bonchev–Trinajstić information content (AvgIpc) is 2.76. The van der Waals surface area contributed by atoms with E-state index in [9.17, 15) is 4.39 Å². The SMILES string of the molecule is CCCNCc1cccc(F)c1-n1ccc(C)n1. The van der Waals surface area contributed by atoms with E-state index in [1.165, 1.54) is 6.07 Å². The summed E-state index contributed by atoms with van der Waals surface area (Å²) in [7, 11) is 0. The van der Waals surface area contributed by atoms with Crippen LogP contribution in [0.2, 0.25) is 0 Å². The van der Waals surface area contributed by atoms with E-state index in [2.05, 4.69) is 17.3 Å². The van der Waals surface area contributed by atoms with E-state index < -0.39 is 0 Å². The maximum absolute atomic E-state index is 14.0. The van der Waals surface area contributed by atoms with Gasteiger partial charge in [0.05, 0.1) is 5.69 Å². The number of benzene rings is 1. The Balaban J connectivity index is 2.32. The Labute approximate surface area is 107 Å². The van der Waals surface area contributed by atoms with Crippen LogP contribution in [0, 0.1) is 12.7 Å². The summed E-state index contributed by atoms with van der Waals surface area (Å²) in [6.07, 6.45) is 2.85. The molecule has 0 aliphatic heterocycles. The minimum Gasteiger partial charge on any atom is -0.313 e. The highest BCUT2D eigenvalue weighted by molar-refractivity contribution is 5.41. The predicted octanol–water partition coefficient (Wildman–Crippen LogP) is 2.82. The highest BCUT2D eigenvalue weighted by Crippen LogP contribution is 2.18. The summed E-state index contributed by atoms with van der Waals surface area (Å²) in [6, 6.07) is 7.00. The molecule has 0 amide bonds. The van der Waals surface area contributed by atoms with Gasteiger partial charge in [0.25, 0.3) is 0 Å². The lowest BCUT2D eigenvalue weighted by Gasteiger charge is -2.11. The van der Waals surface area contributed by atoms with E-state index in [4.69, 9.17) is 0 Å². The third-order valence-electron chi connectivity index (χ3n) is 2.76. The second-order valence-electron chi connectivity index (χ2n) is 4.33. The molecule has 0 spiro atoms. The molecule has 1 heterocycles. The molecular weight excluding hydrogens is 229 g/mol. The lowest BCUT2D eigenvalue weighted by molar-refractivity contribution is 0.599. The Morgan fingerprint density at radius 1 is 1.33 bits per heavy atom. The zero-order valence-corrected chi connectivity index (χ0v) is 10.8. The number of para-hydroxylation sites is 1. The molecule has 18 heavy (non-hydrogen) atoms. The molecule has 1 aromatic carbocycles. The molecule has 2 rings (SSSR count). The first kappa shape index (κ1) is 12.8. The molecule has 0 bridgehead atoms. The molecule has 0 atom stereocenters. The predicted molar refractivity (Wildman–Crippen MR) is 70.3 cm³/mol. The summed E-state index contributed by atoms with van der Waals surface area (Å²) in [5.74, 6) is -0.242. The van der Waals surface area contributed by atoms with E-state index in [1.54, 1.807) is 16.9 Å². The summed E-state index contributed by atoms with van der Waals surface area (Å²) >= 11 is 0. The highest BCUT2D eigenvalue weighted by Gasteiger charge is 2.10. The van der Waals surface area contributed by atoms with Crippen LogP contribution in [-0.4, -0.2) is 16.3 Å². The Kier molecular flexibility index (Phi) is 4.10. The molecule has 2 aromatic rings. The number of nitrogens with one attached hydrogen (secondary N) is 1. The van der Waals surface area contributed by atoms with E-state index in [-0.39, 0.29) is 5.82 Å². The second kappa shape index (κ2) is 5.78. The van der Waals surface area contributed by atoms with Crippen molar-refractivity contribution in [1.82, 2.24) is 15.1 Å². The van der Waals surface area contributed by atoms with Crippen molar-refractivity contribution in [2.45, 2.75) is 26.8 Å². The maximum Gasteiger partial charge on any atom is 0.149 e. The molecule has 1 N–H and O–H groups in total. The average molecular weight is 247 g/mol. The highest BCUT2D eigenvalue weighted by atomic mass is 19.1. The van der Waals surface area contributed by atoms with Gasteiger partial charge in [-0.15, -0.1) is 0 Å². The Morgan fingerprint density at radius 2 is 2.17 bits per heavy atom. The quantitative estimate of drug-likeness (QED) is 0.823. The van der Waals surface area contributed by atoms with Gasteiger partial charge in [0.1, 0.15) is 11.5 Å². The summed E-state index contributed by atoms with van der Waals surface area (Å²) in [6.45, 7) is 5.58. The summed E-state index contributed by atoms with van der Waals surface area (Å²) in [5.41, 5.74) is 2.34. The van der Waals surface area contributed by atoms with E-state index >= 15 is 0 Å². The number of halogens is 1. The van der Waals surface area contributed by atoms with Gasteiger partial charge in [-0.3, -0.25) is 0 Å². The normalized spacial score (nSPS) is 10.8. The minimum absolute atomic E-state index is 0.242. The van der Waals surface area contributed by atoms with Crippen molar-refractivity contribution in [1.29, 1.82) is 0 Å². The van der Waals surface area contributed by atoms with Gasteiger partial charge in [0, 0.05) is 12.7 Å². The number of nitrogens with zero attached hydrogens (tertiary/aromatic N) is 2. The number of aryl methyl sites for hydroxylation is 1. The first-order chi connectivity index (χ1) is 8.72. The van der Waals surface area contributed by atoms with Gasteiger partial charge in [-0.1, -0.05) is 19.1 Å². The molecule has 0 fully saturated rings. The lowest BCUT2D eigenvalue weighted by Crippen LogP contribution is -2.16. The third-order valence-corrected chi connectivity index (χ3v) is 2.76. The molecule has 0 saturated heterocycles. The van der Waals surface area contributed by atoms with Crippen LogP contribution in [0.15, 0.2) is 30.5 Å². The molecule has 0 radical (unpaired) electrons. The fourth-order valence-corrected chi connectivity index (χ4v) is 1.90. The van der Waals surface area contributed by atoms with Crippen molar-refractivity contribution in [3.8, 4) is 5.69 Å². The summed E-state index contributed by atoms with van der Waals surface area (Å²) < 4.78 is 15.6.